The summed E-state index contributed by atoms with van der Waals surface area (Å²) in [4.78, 5) is 54.9. The molecule has 9 heteroatoms. The third-order valence-corrected chi connectivity index (χ3v) is 5.85. The number of rotatable bonds is 5. The first-order valence-electron chi connectivity index (χ1n) is 9.96. The summed E-state index contributed by atoms with van der Waals surface area (Å²) in [7, 11) is 1.51. The second-order valence-corrected chi connectivity index (χ2v) is 7.79. The lowest BCUT2D eigenvalue weighted by Crippen LogP contribution is -2.42. The summed E-state index contributed by atoms with van der Waals surface area (Å²) in [6, 6.07) is 8.03. The predicted molar refractivity (Wildman–Crippen MR) is 116 cm³/mol. The SMILES string of the molecule is CC(=O)[C@@H](C)n1c(=O)c2c(nc3n([C@H](C)C(C)=O)c(-c4ccccc4)cn23)n(C)c1=O. The number of aryl methyl sites for hydroxylation is 1. The highest BCUT2D eigenvalue weighted by Gasteiger charge is 2.26. The van der Waals surface area contributed by atoms with Gasteiger partial charge in [-0.1, -0.05) is 30.3 Å². The zero-order chi connectivity index (χ0) is 22.6. The van der Waals surface area contributed by atoms with Gasteiger partial charge in [-0.25, -0.2) is 9.36 Å². The minimum atomic E-state index is -0.909. The molecule has 0 bridgehead atoms. The first kappa shape index (κ1) is 20.5. The molecule has 0 aliphatic rings. The number of nitrogens with zero attached hydrogens (tertiary/aromatic N) is 5. The number of hydrogen-bond acceptors (Lipinski definition) is 5. The van der Waals surface area contributed by atoms with Gasteiger partial charge < -0.3 is 0 Å². The highest BCUT2D eigenvalue weighted by molar-refractivity contribution is 5.84. The molecule has 0 spiro atoms. The van der Waals surface area contributed by atoms with Crippen molar-refractivity contribution in [3.05, 3.63) is 57.4 Å². The van der Waals surface area contributed by atoms with Gasteiger partial charge in [-0.05, 0) is 33.3 Å². The van der Waals surface area contributed by atoms with Crippen LogP contribution in [0.2, 0.25) is 0 Å². The average molecular weight is 421 g/mol. The summed E-state index contributed by atoms with van der Waals surface area (Å²) >= 11 is 0. The maximum Gasteiger partial charge on any atom is 0.333 e. The Balaban J connectivity index is 2.18. The van der Waals surface area contributed by atoms with E-state index in [-0.39, 0.29) is 22.7 Å². The Morgan fingerprint density at radius 3 is 2.10 bits per heavy atom. The van der Waals surface area contributed by atoms with Crippen LogP contribution in [0, 0.1) is 0 Å². The Labute approximate surface area is 177 Å². The molecule has 4 aromatic rings. The van der Waals surface area contributed by atoms with Crippen molar-refractivity contribution in [2.45, 2.75) is 39.8 Å². The number of Topliss-reactive ketones (excluding diaryl/α,β-unsaturated/α-hetero) is 2. The summed E-state index contributed by atoms with van der Waals surface area (Å²) < 4.78 is 5.57. The lowest BCUT2D eigenvalue weighted by molar-refractivity contribution is -0.120. The first-order valence-corrected chi connectivity index (χ1v) is 9.96. The van der Waals surface area contributed by atoms with Gasteiger partial charge in [0.25, 0.3) is 5.56 Å². The molecule has 31 heavy (non-hydrogen) atoms. The fourth-order valence-electron chi connectivity index (χ4n) is 3.79. The van der Waals surface area contributed by atoms with Crippen LogP contribution >= 0.6 is 0 Å². The molecule has 0 radical (unpaired) electrons. The van der Waals surface area contributed by atoms with E-state index >= 15 is 0 Å². The zero-order valence-corrected chi connectivity index (χ0v) is 18.0. The molecule has 160 valence electrons. The Morgan fingerprint density at radius 1 is 0.935 bits per heavy atom. The molecule has 0 aliphatic carbocycles. The molecule has 3 heterocycles. The number of benzene rings is 1. The fraction of sp³-hybridized carbons (Fsp3) is 0.318. The third kappa shape index (κ3) is 2.96. The zero-order valence-electron chi connectivity index (χ0n) is 18.0. The van der Waals surface area contributed by atoms with E-state index in [9.17, 15) is 19.2 Å². The Kier molecular flexibility index (Phi) is 4.76. The summed E-state index contributed by atoms with van der Waals surface area (Å²) in [6.45, 7) is 6.12. The van der Waals surface area contributed by atoms with Gasteiger partial charge in [0.2, 0.25) is 5.78 Å². The van der Waals surface area contributed by atoms with Crippen LogP contribution in [0.4, 0.5) is 0 Å². The number of ketones is 2. The number of imidazole rings is 2. The van der Waals surface area contributed by atoms with E-state index in [1.54, 1.807) is 22.1 Å². The minimum absolute atomic E-state index is 0.0705. The van der Waals surface area contributed by atoms with Gasteiger partial charge in [-0.2, -0.15) is 4.98 Å². The van der Waals surface area contributed by atoms with Gasteiger partial charge in [0.05, 0.1) is 17.8 Å². The van der Waals surface area contributed by atoms with Gasteiger partial charge in [0, 0.05) is 13.2 Å². The summed E-state index contributed by atoms with van der Waals surface area (Å²) in [5.41, 5.74) is 0.734. The standard InChI is InChI=1S/C22H23N5O4/c1-12(14(3)28)26-17(16-9-7-6-8-10-16)11-25-18-19(23-21(25)26)24(5)22(31)27(20(18)30)13(2)15(4)29/h6-13H,1-5H3/t12-,13-/m1/s1. The highest BCUT2D eigenvalue weighted by atomic mass is 16.2. The quantitative estimate of drug-likeness (QED) is 0.491. The van der Waals surface area contributed by atoms with Crippen molar-refractivity contribution in [2.75, 3.05) is 0 Å². The minimum Gasteiger partial charge on any atom is -0.299 e. The molecule has 9 nitrogen and oxygen atoms in total. The van der Waals surface area contributed by atoms with Crippen molar-refractivity contribution in [1.82, 2.24) is 23.1 Å². The molecular formula is C22H23N5O4. The van der Waals surface area contributed by atoms with Crippen LogP contribution in [0.25, 0.3) is 28.2 Å². The van der Waals surface area contributed by atoms with E-state index in [1.165, 1.54) is 32.4 Å². The Bertz CT molecular complexity index is 1470. The maximum absolute atomic E-state index is 13.3. The molecular weight excluding hydrogens is 398 g/mol. The highest BCUT2D eigenvalue weighted by Crippen LogP contribution is 2.29. The molecule has 0 amide bonds. The van der Waals surface area contributed by atoms with Crippen molar-refractivity contribution >= 4 is 28.5 Å². The lowest BCUT2D eigenvalue weighted by Gasteiger charge is -2.14. The normalized spacial score (nSPS) is 13.6. The van der Waals surface area contributed by atoms with E-state index in [1.807, 2.05) is 30.3 Å². The molecule has 1 aromatic carbocycles. The number of aromatic nitrogens is 5. The number of hydrogen-bond donors (Lipinski definition) is 0. The van der Waals surface area contributed by atoms with Crippen molar-refractivity contribution in [3.63, 3.8) is 0 Å². The third-order valence-electron chi connectivity index (χ3n) is 5.85. The topological polar surface area (TPSA) is 100 Å². The fourth-order valence-corrected chi connectivity index (χ4v) is 3.79. The van der Waals surface area contributed by atoms with E-state index in [2.05, 4.69) is 4.98 Å². The molecule has 2 atom stereocenters. The molecule has 0 N–H and O–H groups in total. The Hall–Kier alpha value is -3.75. The maximum atomic E-state index is 13.3. The van der Waals surface area contributed by atoms with Gasteiger partial charge in [-0.3, -0.25) is 27.9 Å². The molecule has 0 unspecified atom stereocenters. The van der Waals surface area contributed by atoms with Crippen LogP contribution in [0.3, 0.4) is 0 Å². The van der Waals surface area contributed by atoms with Crippen molar-refractivity contribution in [1.29, 1.82) is 0 Å². The first-order chi connectivity index (χ1) is 14.6. The van der Waals surface area contributed by atoms with Crippen LogP contribution in [0.1, 0.15) is 39.8 Å². The summed E-state index contributed by atoms with van der Waals surface area (Å²) in [5, 5.41) is 0. The van der Waals surface area contributed by atoms with Crippen molar-refractivity contribution in [2.24, 2.45) is 7.05 Å². The van der Waals surface area contributed by atoms with Crippen LogP contribution < -0.4 is 11.2 Å². The number of fused-ring (bicyclic) bond motifs is 3. The largest absolute Gasteiger partial charge is 0.333 e. The average Bonchev–Trinajstić information content (AvgIpc) is 3.28. The molecule has 0 aliphatic heterocycles. The van der Waals surface area contributed by atoms with Crippen molar-refractivity contribution in [3.8, 4) is 11.3 Å². The molecule has 3 aromatic heterocycles. The summed E-state index contributed by atoms with van der Waals surface area (Å²) in [6.07, 6.45) is 1.74. The predicted octanol–water partition coefficient (Wildman–Crippen LogP) is 2.12. The van der Waals surface area contributed by atoms with Crippen LogP contribution in [-0.2, 0) is 16.6 Å². The molecule has 0 saturated heterocycles. The second kappa shape index (κ2) is 7.19. The van der Waals surface area contributed by atoms with Gasteiger partial charge in [0.1, 0.15) is 0 Å². The molecule has 0 fully saturated rings. The van der Waals surface area contributed by atoms with Gasteiger partial charge in [-0.15, -0.1) is 0 Å². The van der Waals surface area contributed by atoms with Crippen LogP contribution in [-0.4, -0.2) is 34.7 Å². The monoisotopic (exact) mass is 421 g/mol. The molecule has 0 saturated carbocycles. The summed E-state index contributed by atoms with van der Waals surface area (Å²) in [5.74, 6) is 0.00257. The van der Waals surface area contributed by atoms with Gasteiger partial charge >= 0.3 is 5.69 Å². The lowest BCUT2D eigenvalue weighted by atomic mass is 10.1. The van der Waals surface area contributed by atoms with Crippen LogP contribution in [0.5, 0.6) is 0 Å². The van der Waals surface area contributed by atoms with Crippen molar-refractivity contribution < 1.29 is 9.59 Å². The number of carbonyl (C=O) groups excluding carboxylic acids is 2. The van der Waals surface area contributed by atoms with E-state index in [0.717, 1.165) is 10.1 Å². The molecule has 4 rings (SSSR count). The van der Waals surface area contributed by atoms with Gasteiger partial charge in [0.15, 0.2) is 22.7 Å². The second-order valence-electron chi connectivity index (χ2n) is 7.79. The van der Waals surface area contributed by atoms with E-state index in [4.69, 9.17) is 0 Å². The van der Waals surface area contributed by atoms with Crippen LogP contribution in [0.15, 0.2) is 46.1 Å². The van der Waals surface area contributed by atoms with E-state index in [0.29, 0.717) is 11.5 Å². The van der Waals surface area contributed by atoms with E-state index < -0.39 is 23.3 Å². The Morgan fingerprint density at radius 2 is 1.52 bits per heavy atom. The smallest absolute Gasteiger partial charge is 0.299 e. The number of carbonyl (C=O) groups is 2.